The molecule has 0 spiro atoms. The number of sulfonamides is 1. The SMILES string of the molecule is CCNC(=NCc1ccc(S(N)(=O)=O)cc1)NC1CC=CC1. The summed E-state index contributed by atoms with van der Waals surface area (Å²) < 4.78 is 22.4. The van der Waals surface area contributed by atoms with Crippen LogP contribution < -0.4 is 15.8 Å². The Morgan fingerprint density at radius 1 is 1.27 bits per heavy atom. The van der Waals surface area contributed by atoms with Crippen LogP contribution in [0.1, 0.15) is 25.3 Å². The van der Waals surface area contributed by atoms with Gasteiger partial charge >= 0.3 is 0 Å². The monoisotopic (exact) mass is 322 g/mol. The van der Waals surface area contributed by atoms with Crippen molar-refractivity contribution in [1.82, 2.24) is 10.6 Å². The number of rotatable bonds is 5. The minimum absolute atomic E-state index is 0.113. The number of aliphatic imine (C=N–C) groups is 1. The molecule has 22 heavy (non-hydrogen) atoms. The Labute approximate surface area is 131 Å². The molecule has 4 N–H and O–H groups in total. The standard InChI is InChI=1S/C15H22N4O2S/c1-2-17-15(19-13-5-3-4-6-13)18-11-12-7-9-14(10-8-12)22(16,20)21/h3-4,7-10,13H,2,5-6,11H2,1H3,(H2,16,20,21)(H2,17,18,19). The van der Waals surface area contributed by atoms with E-state index in [2.05, 4.69) is 27.8 Å². The van der Waals surface area contributed by atoms with Crippen LogP contribution in [0.3, 0.4) is 0 Å². The Morgan fingerprint density at radius 2 is 1.91 bits per heavy atom. The summed E-state index contributed by atoms with van der Waals surface area (Å²) >= 11 is 0. The molecule has 0 radical (unpaired) electrons. The molecule has 0 atom stereocenters. The molecule has 0 amide bonds. The highest BCUT2D eigenvalue weighted by molar-refractivity contribution is 7.89. The van der Waals surface area contributed by atoms with Gasteiger partial charge in [-0.1, -0.05) is 24.3 Å². The van der Waals surface area contributed by atoms with Crippen LogP contribution >= 0.6 is 0 Å². The number of hydrogen-bond acceptors (Lipinski definition) is 3. The zero-order chi connectivity index (χ0) is 16.0. The second-order valence-corrected chi connectivity index (χ2v) is 6.73. The van der Waals surface area contributed by atoms with Crippen LogP contribution in [-0.4, -0.2) is 27.0 Å². The van der Waals surface area contributed by atoms with Gasteiger partial charge in [-0.2, -0.15) is 0 Å². The van der Waals surface area contributed by atoms with E-state index in [4.69, 9.17) is 5.14 Å². The Morgan fingerprint density at radius 3 is 2.45 bits per heavy atom. The predicted molar refractivity (Wildman–Crippen MR) is 87.9 cm³/mol. The van der Waals surface area contributed by atoms with E-state index in [0.29, 0.717) is 12.6 Å². The van der Waals surface area contributed by atoms with Crippen LogP contribution in [0.2, 0.25) is 0 Å². The average Bonchev–Trinajstić information content (AvgIpc) is 2.97. The van der Waals surface area contributed by atoms with E-state index in [1.807, 2.05) is 6.92 Å². The molecule has 0 aliphatic heterocycles. The smallest absolute Gasteiger partial charge is 0.238 e. The molecule has 1 aliphatic carbocycles. The fourth-order valence-corrected chi connectivity index (χ4v) is 2.72. The molecule has 0 unspecified atom stereocenters. The summed E-state index contributed by atoms with van der Waals surface area (Å²) in [5.74, 6) is 0.770. The van der Waals surface area contributed by atoms with Crippen LogP contribution in [0.4, 0.5) is 0 Å². The molecule has 0 bridgehead atoms. The maximum absolute atomic E-state index is 11.2. The minimum Gasteiger partial charge on any atom is -0.357 e. The molecule has 0 saturated carbocycles. The van der Waals surface area contributed by atoms with Crippen molar-refractivity contribution in [2.45, 2.75) is 37.2 Å². The molecule has 1 aromatic rings. The number of hydrogen-bond donors (Lipinski definition) is 3. The number of primary sulfonamides is 1. The largest absolute Gasteiger partial charge is 0.357 e. The predicted octanol–water partition coefficient (Wildman–Crippen LogP) is 1.11. The highest BCUT2D eigenvalue weighted by Crippen LogP contribution is 2.11. The maximum atomic E-state index is 11.2. The van der Waals surface area contributed by atoms with Gasteiger partial charge in [-0.25, -0.2) is 18.5 Å². The molecule has 1 aliphatic rings. The van der Waals surface area contributed by atoms with E-state index in [0.717, 1.165) is 30.9 Å². The molecule has 1 aromatic carbocycles. The summed E-state index contributed by atoms with van der Waals surface area (Å²) in [6, 6.07) is 6.85. The number of nitrogens with zero attached hydrogens (tertiary/aromatic N) is 1. The number of guanidine groups is 1. The lowest BCUT2D eigenvalue weighted by Gasteiger charge is -2.16. The van der Waals surface area contributed by atoms with Crippen molar-refractivity contribution in [2.75, 3.05) is 6.54 Å². The van der Waals surface area contributed by atoms with Gasteiger partial charge in [-0.3, -0.25) is 0 Å². The van der Waals surface area contributed by atoms with Gasteiger partial charge in [0.15, 0.2) is 5.96 Å². The maximum Gasteiger partial charge on any atom is 0.238 e. The molecular formula is C15H22N4O2S. The van der Waals surface area contributed by atoms with Gasteiger partial charge in [-0.05, 0) is 37.5 Å². The molecule has 2 rings (SSSR count). The van der Waals surface area contributed by atoms with E-state index in [-0.39, 0.29) is 4.90 Å². The van der Waals surface area contributed by atoms with Crippen molar-refractivity contribution in [1.29, 1.82) is 0 Å². The number of nitrogens with one attached hydrogen (secondary N) is 2. The second-order valence-electron chi connectivity index (χ2n) is 5.17. The molecule has 0 aromatic heterocycles. The summed E-state index contributed by atoms with van der Waals surface area (Å²) in [6.07, 6.45) is 6.33. The van der Waals surface area contributed by atoms with E-state index >= 15 is 0 Å². The van der Waals surface area contributed by atoms with E-state index < -0.39 is 10.0 Å². The van der Waals surface area contributed by atoms with Gasteiger partial charge in [0.05, 0.1) is 11.4 Å². The van der Waals surface area contributed by atoms with Gasteiger partial charge in [0.25, 0.3) is 0 Å². The number of nitrogens with two attached hydrogens (primary N) is 1. The first kappa shape index (κ1) is 16.5. The van der Waals surface area contributed by atoms with Gasteiger partial charge in [0, 0.05) is 12.6 Å². The minimum atomic E-state index is -3.64. The lowest BCUT2D eigenvalue weighted by atomic mass is 10.2. The molecule has 6 nitrogen and oxygen atoms in total. The zero-order valence-corrected chi connectivity index (χ0v) is 13.4. The summed E-state index contributed by atoms with van der Waals surface area (Å²) in [5.41, 5.74) is 0.925. The van der Waals surface area contributed by atoms with Crippen molar-refractivity contribution >= 4 is 16.0 Å². The van der Waals surface area contributed by atoms with Gasteiger partial charge in [-0.15, -0.1) is 0 Å². The molecular weight excluding hydrogens is 300 g/mol. The van der Waals surface area contributed by atoms with Crippen LogP contribution in [0.5, 0.6) is 0 Å². The Kier molecular flexibility index (Phi) is 5.57. The van der Waals surface area contributed by atoms with Gasteiger partial charge < -0.3 is 10.6 Å². The Balaban J connectivity index is 2.00. The van der Waals surface area contributed by atoms with E-state index in [9.17, 15) is 8.42 Å². The topological polar surface area (TPSA) is 96.6 Å². The van der Waals surface area contributed by atoms with Crippen LogP contribution in [0, 0.1) is 0 Å². The third kappa shape index (κ3) is 4.85. The highest BCUT2D eigenvalue weighted by atomic mass is 32.2. The average molecular weight is 322 g/mol. The molecule has 7 heteroatoms. The van der Waals surface area contributed by atoms with E-state index in [1.54, 1.807) is 12.1 Å². The first-order valence-electron chi connectivity index (χ1n) is 7.30. The molecule has 0 heterocycles. The normalized spacial score (nSPS) is 16.0. The van der Waals surface area contributed by atoms with Crippen LogP contribution in [0.15, 0.2) is 46.3 Å². The lowest BCUT2D eigenvalue weighted by Crippen LogP contribution is -2.42. The first-order valence-corrected chi connectivity index (χ1v) is 8.85. The summed E-state index contributed by atoms with van der Waals surface area (Å²) in [7, 11) is -3.64. The van der Waals surface area contributed by atoms with Crippen molar-refractivity contribution in [3.63, 3.8) is 0 Å². The Bertz CT molecular complexity index is 643. The molecule has 120 valence electrons. The second kappa shape index (κ2) is 7.42. The highest BCUT2D eigenvalue weighted by Gasteiger charge is 2.11. The lowest BCUT2D eigenvalue weighted by molar-refractivity contribution is 0.597. The zero-order valence-electron chi connectivity index (χ0n) is 12.6. The van der Waals surface area contributed by atoms with Crippen molar-refractivity contribution in [2.24, 2.45) is 10.1 Å². The fourth-order valence-electron chi connectivity index (χ4n) is 2.20. The van der Waals surface area contributed by atoms with Crippen molar-refractivity contribution in [3.05, 3.63) is 42.0 Å². The molecule has 0 saturated heterocycles. The fraction of sp³-hybridized carbons (Fsp3) is 0.400. The quantitative estimate of drug-likeness (QED) is 0.430. The van der Waals surface area contributed by atoms with Crippen LogP contribution in [-0.2, 0) is 16.6 Å². The van der Waals surface area contributed by atoms with Gasteiger partial charge in [0.2, 0.25) is 10.0 Å². The van der Waals surface area contributed by atoms with Crippen molar-refractivity contribution in [3.8, 4) is 0 Å². The summed E-state index contributed by atoms with van der Waals surface area (Å²) in [6.45, 7) is 3.28. The Hall–Kier alpha value is -1.86. The summed E-state index contributed by atoms with van der Waals surface area (Å²) in [5, 5.41) is 11.7. The van der Waals surface area contributed by atoms with E-state index in [1.165, 1.54) is 12.1 Å². The third-order valence-electron chi connectivity index (χ3n) is 3.36. The first-order chi connectivity index (χ1) is 10.5. The number of benzene rings is 1. The van der Waals surface area contributed by atoms with Gasteiger partial charge in [0.1, 0.15) is 0 Å². The summed E-state index contributed by atoms with van der Waals surface area (Å²) in [4.78, 5) is 4.64. The molecule has 0 fully saturated rings. The third-order valence-corrected chi connectivity index (χ3v) is 4.29. The van der Waals surface area contributed by atoms with Crippen LogP contribution in [0.25, 0.3) is 0 Å². The van der Waals surface area contributed by atoms with Crippen molar-refractivity contribution < 1.29 is 8.42 Å².